The third-order valence-electron chi connectivity index (χ3n) is 9.22. The van der Waals surface area contributed by atoms with E-state index in [1.165, 1.54) is 0 Å². The van der Waals surface area contributed by atoms with E-state index in [9.17, 15) is 26.4 Å². The molecule has 2 aliphatic rings. The molecule has 0 spiro atoms. The molecule has 17 heteroatoms. The molecular formula is C42H48N2O13S2. The molecule has 0 radical (unpaired) electrons. The number of benzene rings is 4. The largest absolute Gasteiger partial charge is 0.491 e. The number of para-hydroxylation sites is 4. The molecular weight excluding hydrogens is 805 g/mol. The molecule has 0 aromatic heterocycles. The fraction of sp³-hybridized carbons (Fsp3) is 0.381. The van der Waals surface area contributed by atoms with E-state index >= 15 is 0 Å². The minimum atomic E-state index is -3.85. The molecule has 316 valence electrons. The Labute approximate surface area is 344 Å². The van der Waals surface area contributed by atoms with E-state index in [4.69, 9.17) is 33.2 Å². The lowest BCUT2D eigenvalue weighted by Crippen LogP contribution is -2.33. The summed E-state index contributed by atoms with van der Waals surface area (Å²) in [5.41, 5.74) is 6.04. The van der Waals surface area contributed by atoms with Crippen LogP contribution in [0.3, 0.4) is 0 Å². The smallest absolute Gasteiger partial charge is 0.271 e. The van der Waals surface area contributed by atoms with Gasteiger partial charge >= 0.3 is 0 Å². The van der Waals surface area contributed by atoms with Gasteiger partial charge in [0.05, 0.1) is 52.2 Å². The lowest BCUT2D eigenvalue weighted by molar-refractivity contribution is -0.122. The molecule has 4 aromatic carbocycles. The first-order valence-corrected chi connectivity index (χ1v) is 22.8. The van der Waals surface area contributed by atoms with Crippen molar-refractivity contribution in [3.8, 4) is 23.0 Å². The predicted octanol–water partition coefficient (Wildman–Crippen LogP) is 3.09. The van der Waals surface area contributed by atoms with Crippen LogP contribution in [0.2, 0.25) is 0 Å². The number of ether oxygens (including phenoxy) is 7. The number of hydrogen-bond acceptors (Lipinski definition) is 13. The highest BCUT2D eigenvalue weighted by molar-refractivity contribution is 7.89. The normalized spacial score (nSPS) is 15.4. The van der Waals surface area contributed by atoms with Crippen LogP contribution in [-0.4, -0.2) is 107 Å². The molecule has 0 saturated carbocycles. The van der Waals surface area contributed by atoms with Crippen LogP contribution >= 0.6 is 0 Å². The topological polar surface area (TPSA) is 191 Å². The number of carbonyl (C=O) groups is 2. The summed E-state index contributed by atoms with van der Waals surface area (Å²) in [6, 6.07) is 22.9. The van der Waals surface area contributed by atoms with Gasteiger partial charge < -0.3 is 33.2 Å². The van der Waals surface area contributed by atoms with Crippen molar-refractivity contribution in [2.24, 2.45) is 0 Å². The van der Waals surface area contributed by atoms with Gasteiger partial charge in [-0.25, -0.2) is 16.8 Å². The third kappa shape index (κ3) is 12.9. The number of nitrogens with one attached hydrogen (secondary N) is 2. The zero-order valence-electron chi connectivity index (χ0n) is 33.0. The van der Waals surface area contributed by atoms with Crippen LogP contribution in [0.4, 0.5) is 0 Å². The molecule has 1 aliphatic heterocycles. The summed E-state index contributed by atoms with van der Waals surface area (Å²) in [5, 5.41) is 0. The zero-order valence-corrected chi connectivity index (χ0v) is 34.6. The predicted molar refractivity (Wildman–Crippen MR) is 217 cm³/mol. The number of fused-ring (bicyclic) bond motifs is 4. The van der Waals surface area contributed by atoms with Crippen molar-refractivity contribution in [3.05, 3.63) is 117 Å². The van der Waals surface area contributed by atoms with E-state index < -0.39 is 45.1 Å². The van der Waals surface area contributed by atoms with Crippen LogP contribution in [0.1, 0.15) is 44.5 Å². The first kappa shape index (κ1) is 43.4. The van der Waals surface area contributed by atoms with E-state index in [0.29, 0.717) is 104 Å². The van der Waals surface area contributed by atoms with Crippen molar-refractivity contribution in [2.45, 2.75) is 25.7 Å². The summed E-state index contributed by atoms with van der Waals surface area (Å²) < 4.78 is 94.1. The van der Waals surface area contributed by atoms with Crippen molar-refractivity contribution >= 4 is 31.9 Å². The monoisotopic (exact) mass is 852 g/mol. The lowest BCUT2D eigenvalue weighted by Gasteiger charge is -2.23. The highest BCUT2D eigenvalue weighted by Gasteiger charge is 2.23. The maximum atomic E-state index is 12.8. The fourth-order valence-corrected chi connectivity index (χ4v) is 7.87. The van der Waals surface area contributed by atoms with Gasteiger partial charge in [-0.2, -0.15) is 0 Å². The molecule has 0 atom stereocenters. The van der Waals surface area contributed by atoms with Crippen LogP contribution in [-0.2, 0) is 69.5 Å². The van der Waals surface area contributed by atoms with Gasteiger partial charge in [-0.15, -0.1) is 0 Å². The molecule has 0 fully saturated rings. The second-order valence-corrected chi connectivity index (χ2v) is 17.5. The van der Waals surface area contributed by atoms with Crippen molar-refractivity contribution in [1.29, 1.82) is 0 Å². The molecule has 6 rings (SSSR count). The zero-order chi connectivity index (χ0) is 41.8. The molecule has 4 aromatic rings. The Balaban J connectivity index is 1.51. The Kier molecular flexibility index (Phi) is 14.8. The fourth-order valence-electron chi connectivity index (χ4n) is 6.92. The second-order valence-electron chi connectivity index (χ2n) is 14.0. The van der Waals surface area contributed by atoms with Crippen molar-refractivity contribution in [2.75, 3.05) is 78.6 Å². The van der Waals surface area contributed by atoms with Crippen molar-refractivity contribution in [3.63, 3.8) is 0 Å². The minimum Gasteiger partial charge on any atom is -0.491 e. The molecule has 10 bridgehead atoms. The highest BCUT2D eigenvalue weighted by Crippen LogP contribution is 2.39. The highest BCUT2D eigenvalue weighted by atomic mass is 32.2. The quantitative estimate of drug-likeness (QED) is 0.232. The standard InChI is InChI=1S/C42H48N2O13S2/c1-58(47,48)43-37(45)27-56-41-33-11-5-13-35(41)26-36-14-6-12-34(42(36)57-28-38(46)44-59(2,49)50)25-32-10-4-8-30-23-29-7-3-9-31(24-33)39(29)54-21-19-52-17-15-51-16-18-53-20-22-55-40(30)32/h3-14H,15-28H2,1-2H3,(H,43,45)(H,44,46). The Bertz CT molecular complexity index is 2190. The van der Waals surface area contributed by atoms with Gasteiger partial charge in [0, 0.05) is 25.7 Å². The van der Waals surface area contributed by atoms with E-state index in [2.05, 4.69) is 0 Å². The van der Waals surface area contributed by atoms with E-state index in [-0.39, 0.29) is 19.6 Å². The molecule has 59 heavy (non-hydrogen) atoms. The number of hydrogen-bond donors (Lipinski definition) is 2. The van der Waals surface area contributed by atoms with Crippen LogP contribution in [0, 0.1) is 0 Å². The second kappa shape index (κ2) is 20.2. The van der Waals surface area contributed by atoms with Gasteiger partial charge in [0.2, 0.25) is 20.0 Å². The van der Waals surface area contributed by atoms with Gasteiger partial charge in [0.1, 0.15) is 36.2 Å². The van der Waals surface area contributed by atoms with Crippen LogP contribution < -0.4 is 28.4 Å². The Morgan fingerprint density at radius 3 is 1.07 bits per heavy atom. The number of carbonyl (C=O) groups excluding carboxylic acids is 2. The summed E-state index contributed by atoms with van der Waals surface area (Å²) in [6.45, 7) is 1.52. The van der Waals surface area contributed by atoms with Crippen molar-refractivity contribution in [1.82, 2.24) is 9.44 Å². The van der Waals surface area contributed by atoms with Gasteiger partial charge in [-0.05, 0) is 44.5 Å². The average Bonchev–Trinajstić information content (AvgIpc) is 3.15. The lowest BCUT2D eigenvalue weighted by atomic mass is 9.91. The van der Waals surface area contributed by atoms with Gasteiger partial charge in [0.25, 0.3) is 11.8 Å². The molecule has 1 heterocycles. The molecule has 2 N–H and O–H groups in total. The van der Waals surface area contributed by atoms with Crippen LogP contribution in [0.5, 0.6) is 23.0 Å². The SMILES string of the molecule is CS(=O)(=O)NC(=O)COc1c2cccc1Cc1cccc(c1OCC(=O)NS(C)(=O)=O)Cc1cccc3c1OCCOCCOCCOCCOc1c(cccc1C2)C3. The van der Waals surface area contributed by atoms with E-state index in [1.807, 2.05) is 82.2 Å². The average molecular weight is 853 g/mol. The molecule has 0 unspecified atom stereocenters. The van der Waals surface area contributed by atoms with Gasteiger partial charge in [-0.1, -0.05) is 72.8 Å². The third-order valence-corrected chi connectivity index (χ3v) is 10.4. The maximum Gasteiger partial charge on any atom is 0.271 e. The summed E-state index contributed by atoms with van der Waals surface area (Å²) >= 11 is 0. The first-order valence-electron chi connectivity index (χ1n) is 19.0. The maximum absolute atomic E-state index is 12.8. The first-order chi connectivity index (χ1) is 28.3. The van der Waals surface area contributed by atoms with E-state index in [1.54, 1.807) is 0 Å². The summed E-state index contributed by atoms with van der Waals surface area (Å²) in [7, 11) is -7.71. The van der Waals surface area contributed by atoms with Crippen LogP contribution in [0.15, 0.2) is 72.8 Å². The number of rotatable bonds is 8. The van der Waals surface area contributed by atoms with Gasteiger partial charge in [-0.3, -0.25) is 19.0 Å². The molecule has 1 aliphatic carbocycles. The van der Waals surface area contributed by atoms with Crippen molar-refractivity contribution < 1.29 is 59.6 Å². The minimum absolute atomic E-state index is 0.179. The number of amides is 2. The van der Waals surface area contributed by atoms with Gasteiger partial charge in [0.15, 0.2) is 13.2 Å². The molecule has 0 saturated heterocycles. The van der Waals surface area contributed by atoms with Crippen LogP contribution in [0.25, 0.3) is 0 Å². The molecule has 2 amide bonds. The van der Waals surface area contributed by atoms with E-state index in [0.717, 1.165) is 34.8 Å². The number of sulfonamides is 2. The summed E-state index contributed by atoms with van der Waals surface area (Å²) in [6.07, 6.45) is 2.96. The Morgan fingerprint density at radius 1 is 0.475 bits per heavy atom. The Morgan fingerprint density at radius 2 is 0.746 bits per heavy atom. The Hall–Kier alpha value is -5.20. The summed E-state index contributed by atoms with van der Waals surface area (Å²) in [4.78, 5) is 25.5. The summed E-state index contributed by atoms with van der Waals surface area (Å²) in [5.74, 6) is 0.287. The molecule has 15 nitrogen and oxygen atoms in total.